The molecule has 0 spiro atoms. The summed E-state index contributed by atoms with van der Waals surface area (Å²) in [5.74, 6) is -3.55. The van der Waals surface area contributed by atoms with Crippen molar-refractivity contribution >= 4 is 102 Å². The van der Waals surface area contributed by atoms with Gasteiger partial charge < -0.3 is 58.6 Å². The van der Waals surface area contributed by atoms with Gasteiger partial charge in [0.05, 0.1) is 25.6 Å². The highest BCUT2D eigenvalue weighted by Gasteiger charge is 2.51. The highest BCUT2D eigenvalue weighted by molar-refractivity contribution is 8.44. The molecule has 3 aliphatic heterocycles. The zero-order chi connectivity index (χ0) is 61.2. The van der Waals surface area contributed by atoms with Crippen molar-refractivity contribution in [3.63, 3.8) is 0 Å². The van der Waals surface area contributed by atoms with Crippen LogP contribution >= 0.6 is 25.8 Å². The molecule has 1 aliphatic carbocycles. The average molecular weight is 1260 g/mol. The van der Waals surface area contributed by atoms with Gasteiger partial charge in [0.15, 0.2) is 17.4 Å². The van der Waals surface area contributed by atoms with Crippen LogP contribution in [-0.2, 0) is 79.3 Å². The average Bonchev–Trinajstić information content (AvgIpc) is 1.93. The monoisotopic (exact) mass is 1260 g/mol. The highest BCUT2D eigenvalue weighted by atomic mass is 32.7. The number of rotatable bonds is 22. The van der Waals surface area contributed by atoms with Gasteiger partial charge in [0.1, 0.15) is 49.4 Å². The third-order valence-corrected chi connectivity index (χ3v) is 17.3. The van der Waals surface area contributed by atoms with Crippen LogP contribution in [0, 0.1) is 11.8 Å². The van der Waals surface area contributed by atoms with Crippen molar-refractivity contribution in [3.8, 4) is 5.88 Å². The van der Waals surface area contributed by atoms with Crippen molar-refractivity contribution in [1.82, 2.24) is 49.9 Å². The summed E-state index contributed by atoms with van der Waals surface area (Å²) >= 11 is 9.56. The largest absolute Gasteiger partial charge is 0.474 e. The molecule has 6 heterocycles. The number of aliphatic hydroxyl groups excluding tert-OH is 1. The fourth-order valence-corrected chi connectivity index (χ4v) is 12.6. The summed E-state index contributed by atoms with van der Waals surface area (Å²) in [6.45, 7) is -3.91. The van der Waals surface area contributed by atoms with E-state index in [0.717, 1.165) is 11.2 Å². The highest BCUT2D eigenvalue weighted by Crippen LogP contribution is 2.58. The number of carbonyl (C=O) groups excluding carboxylic acids is 7. The predicted octanol–water partition coefficient (Wildman–Crippen LogP) is 3.15. The first kappa shape index (κ1) is 64.4. The molecule has 2 unspecified atom stereocenters. The van der Waals surface area contributed by atoms with E-state index in [1.165, 1.54) is 48.1 Å². The minimum atomic E-state index is -4.34. The Morgan fingerprint density at radius 3 is 2.36 bits per heavy atom. The van der Waals surface area contributed by atoms with Gasteiger partial charge in [-0.05, 0) is 68.0 Å². The second kappa shape index (κ2) is 28.7. The summed E-state index contributed by atoms with van der Waals surface area (Å²) in [6.07, 6.45) is 0.936. The fourth-order valence-electron chi connectivity index (χ4n) is 9.55. The van der Waals surface area contributed by atoms with E-state index in [1.54, 1.807) is 44.2 Å². The normalized spacial score (nSPS) is 25.7. The van der Waals surface area contributed by atoms with E-state index in [0.29, 0.717) is 42.8 Å². The number of aliphatic hydroxyl groups is 1. The summed E-state index contributed by atoms with van der Waals surface area (Å²) < 4.78 is 55.8. The third-order valence-electron chi connectivity index (χ3n) is 14.1. The van der Waals surface area contributed by atoms with Crippen molar-refractivity contribution in [3.05, 3.63) is 77.3 Å². The smallest absolute Gasteiger partial charge is 0.409 e. The maximum Gasteiger partial charge on any atom is 0.409 e. The zero-order valence-corrected chi connectivity index (χ0v) is 50.0. The number of amides is 7. The molecule has 11 atom stereocenters. The summed E-state index contributed by atoms with van der Waals surface area (Å²) in [7, 11) is 1.48. The number of nitrogens with one attached hydrogen (secondary N) is 5. The van der Waals surface area contributed by atoms with E-state index in [-0.39, 0.29) is 92.7 Å². The lowest BCUT2D eigenvalue weighted by Gasteiger charge is -2.27. The van der Waals surface area contributed by atoms with Crippen molar-refractivity contribution < 1.29 is 80.4 Å². The van der Waals surface area contributed by atoms with Crippen LogP contribution in [0.2, 0.25) is 0 Å². The number of hydrogen-bond donors (Lipinski definition) is 8. The lowest BCUT2D eigenvalue weighted by atomic mass is 10.0. The SMILES string of the molecule is CC(C)[C@H](NC(=O)CCCCCN1C(=O)C=CC1=O)C(=O)N[C@@H](C)C(=O)Nc1ccc(COC(=O)N(C)CCCC(=O)Nc2nc3c(ncn3[C@@H]3O[C@H]4COP(O)(=S)O[C@H]5C[C@H](Oc6ccncn6)C[C@@H]5COP(=O)(S)O[C@@H]3[C@@H]4O)c(=O)[nH]2)cc1. The standard InChI is InChI=1S/C51H66N12O18P2S2/c1-28(2)41(57-36(64)9-6-5-7-20-62-39(66)15-16-40(62)67)47(70)55-29(3)46(69)56-32-13-11-30(12-14-32)23-75-51(72)61(4)19-8-10-37(65)58-50-59-45-42(48(71)60-50)54-27-63(45)49-44-43(68)35(79-49)25-77-82(73,84)80-34-22-33(78-38-17-18-52-26-53-38)21-31(34)24-76-83(74,85)81-44/h11-18,26-29,31,33-35,41,43-44,49,68H,5-10,19-25H2,1-4H3,(H,55,70)(H,56,69)(H,57,64)(H,73,84)(H,74,85)(H2,58,59,60,65,71)/t29-,31+,33+,34-,35-,41-,43+,44+,49+,82?,83?/m0/s1. The Hall–Kier alpha value is -6.57. The lowest BCUT2D eigenvalue weighted by molar-refractivity contribution is -0.137. The number of H-pyrrole nitrogens is 1. The fraction of sp³-hybridized carbons (Fsp3) is 0.529. The Morgan fingerprint density at radius 1 is 0.906 bits per heavy atom. The van der Waals surface area contributed by atoms with Crippen molar-refractivity contribution in [2.45, 2.75) is 128 Å². The minimum absolute atomic E-state index is 0.0860. The zero-order valence-electron chi connectivity index (χ0n) is 46.5. The molecule has 1 saturated carbocycles. The van der Waals surface area contributed by atoms with Gasteiger partial charge in [-0.3, -0.25) is 57.9 Å². The van der Waals surface area contributed by atoms with Crippen LogP contribution in [0.1, 0.15) is 83.9 Å². The molecule has 85 heavy (non-hydrogen) atoms. The third kappa shape index (κ3) is 17.6. The minimum Gasteiger partial charge on any atom is -0.474 e. The van der Waals surface area contributed by atoms with Crippen molar-refractivity contribution in [2.75, 3.05) is 44.0 Å². The molecule has 34 heteroatoms. The number of hydrogen-bond acceptors (Lipinski definition) is 22. The van der Waals surface area contributed by atoms with E-state index in [9.17, 15) is 52.9 Å². The number of nitrogens with zero attached hydrogens (tertiary/aromatic N) is 7. The number of imide groups is 1. The summed E-state index contributed by atoms with van der Waals surface area (Å²) in [5.41, 5.74) is -0.128. The molecular weight excluding hydrogens is 1190 g/mol. The number of aromatic amines is 1. The number of benzene rings is 1. The first-order chi connectivity index (χ1) is 40.4. The van der Waals surface area contributed by atoms with Crippen molar-refractivity contribution in [2.24, 2.45) is 11.8 Å². The number of ether oxygens (including phenoxy) is 3. The molecule has 3 aromatic heterocycles. The second-order valence-electron chi connectivity index (χ2n) is 20.9. The van der Waals surface area contributed by atoms with E-state index in [2.05, 4.69) is 58.4 Å². The molecule has 4 aromatic rings. The first-order valence-corrected chi connectivity index (χ1v) is 32.5. The summed E-state index contributed by atoms with van der Waals surface area (Å²) in [4.78, 5) is 134. The van der Waals surface area contributed by atoms with Gasteiger partial charge in [-0.25, -0.2) is 24.3 Å². The number of anilines is 2. The van der Waals surface area contributed by atoms with E-state index < -0.39 is 104 Å². The van der Waals surface area contributed by atoms with Gasteiger partial charge >= 0.3 is 19.6 Å². The molecule has 0 radical (unpaired) electrons. The molecule has 8 rings (SSSR count). The molecule has 460 valence electrons. The summed E-state index contributed by atoms with van der Waals surface area (Å²) in [5, 5.41) is 22.1. The number of fused-ring (bicyclic) bond motifs is 4. The Kier molecular flexibility index (Phi) is 21.8. The van der Waals surface area contributed by atoms with E-state index in [1.807, 2.05) is 0 Å². The van der Waals surface area contributed by atoms with E-state index >= 15 is 0 Å². The van der Waals surface area contributed by atoms with Crippen LogP contribution in [0.25, 0.3) is 11.2 Å². The predicted molar refractivity (Wildman–Crippen MR) is 306 cm³/mol. The number of unbranched alkanes of at least 4 members (excludes halogenated alkanes) is 2. The lowest BCUT2D eigenvalue weighted by Crippen LogP contribution is -2.53. The van der Waals surface area contributed by atoms with E-state index in [4.69, 9.17) is 44.1 Å². The number of aromatic nitrogens is 6. The van der Waals surface area contributed by atoms with Crippen LogP contribution in [0.3, 0.4) is 0 Å². The van der Waals surface area contributed by atoms with Gasteiger partial charge in [0.25, 0.3) is 17.4 Å². The summed E-state index contributed by atoms with van der Waals surface area (Å²) in [6, 6.07) is 6.12. The second-order valence-corrected chi connectivity index (χ2v) is 26.5. The Labute approximate surface area is 496 Å². The molecule has 2 bridgehead atoms. The molecule has 7 N–H and O–H groups in total. The Morgan fingerprint density at radius 2 is 1.65 bits per heavy atom. The van der Waals surface area contributed by atoms with Crippen molar-refractivity contribution in [1.29, 1.82) is 0 Å². The molecule has 1 aromatic carbocycles. The van der Waals surface area contributed by atoms with Gasteiger partial charge in [-0.15, -0.1) is 0 Å². The maximum absolute atomic E-state index is 13.9. The first-order valence-electron chi connectivity index (χ1n) is 27.2. The quantitative estimate of drug-likeness (QED) is 0.0242. The number of thiol groups is 1. The maximum atomic E-state index is 13.9. The number of carbonyl (C=O) groups is 7. The molecule has 4 aliphatic rings. The molecule has 7 amide bonds. The van der Waals surface area contributed by atoms with Crippen LogP contribution in [-0.4, -0.2) is 167 Å². The molecule has 3 fully saturated rings. The van der Waals surface area contributed by atoms with Gasteiger partial charge in [-0.2, -0.15) is 4.98 Å². The Balaban J connectivity index is 0.771. The van der Waals surface area contributed by atoms with Crippen LogP contribution < -0.4 is 31.6 Å². The van der Waals surface area contributed by atoms with Gasteiger partial charge in [0, 0.05) is 75.4 Å². The topological polar surface area (TPSA) is 386 Å². The van der Waals surface area contributed by atoms with Crippen LogP contribution in [0.15, 0.2) is 66.1 Å². The molecule has 2 saturated heterocycles. The van der Waals surface area contributed by atoms with Crippen LogP contribution in [0.4, 0.5) is 16.4 Å². The van der Waals surface area contributed by atoms with Gasteiger partial charge in [0.2, 0.25) is 35.5 Å². The number of imidazole rings is 1. The molecular formula is C51H66N12O18P2S2. The van der Waals surface area contributed by atoms with Crippen LogP contribution in [0.5, 0.6) is 5.88 Å². The molecule has 30 nitrogen and oxygen atoms in total. The van der Waals surface area contributed by atoms with Gasteiger partial charge in [-0.1, -0.05) is 44.6 Å². The Bertz CT molecular complexity index is 3270.